The lowest BCUT2D eigenvalue weighted by molar-refractivity contribution is -0.330. The molecule has 1 aromatic heterocycles. The minimum atomic E-state index is 0.786. The summed E-state index contributed by atoms with van der Waals surface area (Å²) in [5, 5.41) is 2.04. The van der Waals surface area contributed by atoms with Crippen molar-refractivity contribution in [2.24, 2.45) is 0 Å². The van der Waals surface area contributed by atoms with Gasteiger partial charge < -0.3 is 0 Å². The van der Waals surface area contributed by atoms with Gasteiger partial charge in [0.05, 0.1) is 13.1 Å². The third-order valence-corrected chi connectivity index (χ3v) is 3.95. The van der Waals surface area contributed by atoms with Crippen molar-refractivity contribution in [3.63, 3.8) is 0 Å². The monoisotopic (exact) mass is 261 g/mol. The van der Waals surface area contributed by atoms with Crippen LogP contribution >= 0.6 is 11.6 Å². The lowest BCUT2D eigenvalue weighted by atomic mass is 10.1. The molecule has 0 atom stereocenters. The van der Waals surface area contributed by atoms with Gasteiger partial charge in [-0.3, -0.25) is 4.90 Å². The van der Waals surface area contributed by atoms with Gasteiger partial charge in [-0.05, 0) is 43.9 Å². The molecule has 94 valence electrons. The molecule has 1 saturated heterocycles. The van der Waals surface area contributed by atoms with Gasteiger partial charge in [-0.25, -0.2) is 4.98 Å². The summed E-state index contributed by atoms with van der Waals surface area (Å²) in [6, 6.07) is 8.30. The van der Waals surface area contributed by atoms with E-state index in [4.69, 9.17) is 11.6 Å². The van der Waals surface area contributed by atoms with E-state index >= 15 is 0 Å². The molecule has 0 saturated carbocycles. The Kier molecular flexibility index (Phi) is 3.13. The molecule has 0 aliphatic carbocycles. The second-order valence-electron chi connectivity index (χ2n) is 5.08. The Bertz CT molecular complexity index is 574. The summed E-state index contributed by atoms with van der Waals surface area (Å²) in [6.45, 7) is 4.47. The molecule has 3 heteroatoms. The molecule has 18 heavy (non-hydrogen) atoms. The fourth-order valence-electron chi connectivity index (χ4n) is 2.73. The molecular weight excluding hydrogens is 244 g/mol. The maximum absolute atomic E-state index is 6.08. The van der Waals surface area contributed by atoms with Gasteiger partial charge in [0.1, 0.15) is 5.52 Å². The Morgan fingerprint density at radius 3 is 2.67 bits per heavy atom. The number of benzene rings is 1. The first-order valence-corrected chi connectivity index (χ1v) is 6.99. The molecule has 0 bridgehead atoms. The SMILES string of the molecule is Cc1cc(N2CCCCC2)[nH+]c2cc(Cl)ccc12. The van der Waals surface area contributed by atoms with Crippen LogP contribution in [0.25, 0.3) is 10.9 Å². The third-order valence-electron chi connectivity index (χ3n) is 3.72. The van der Waals surface area contributed by atoms with E-state index in [1.807, 2.05) is 12.1 Å². The molecular formula is C15H18ClN2+. The molecule has 0 amide bonds. The number of aryl methyl sites for hydroxylation is 1. The first-order chi connectivity index (χ1) is 8.74. The van der Waals surface area contributed by atoms with Crippen molar-refractivity contribution in [1.29, 1.82) is 0 Å². The van der Waals surface area contributed by atoms with E-state index in [2.05, 4.69) is 28.9 Å². The van der Waals surface area contributed by atoms with E-state index < -0.39 is 0 Å². The van der Waals surface area contributed by atoms with Gasteiger partial charge in [0.25, 0.3) is 5.82 Å². The zero-order valence-electron chi connectivity index (χ0n) is 10.7. The van der Waals surface area contributed by atoms with Crippen molar-refractivity contribution in [2.45, 2.75) is 26.2 Å². The number of aromatic amines is 1. The highest BCUT2D eigenvalue weighted by atomic mass is 35.5. The lowest BCUT2D eigenvalue weighted by Crippen LogP contribution is -2.34. The highest BCUT2D eigenvalue weighted by molar-refractivity contribution is 6.31. The van der Waals surface area contributed by atoms with Crippen LogP contribution in [0, 0.1) is 6.92 Å². The number of halogens is 1. The summed E-state index contributed by atoms with van der Waals surface area (Å²) in [7, 11) is 0. The van der Waals surface area contributed by atoms with E-state index in [0.717, 1.165) is 23.6 Å². The highest BCUT2D eigenvalue weighted by Gasteiger charge is 2.19. The van der Waals surface area contributed by atoms with Crippen LogP contribution in [-0.2, 0) is 0 Å². The van der Waals surface area contributed by atoms with Crippen molar-refractivity contribution in [3.8, 4) is 0 Å². The zero-order chi connectivity index (χ0) is 12.5. The summed E-state index contributed by atoms with van der Waals surface area (Å²) in [5.41, 5.74) is 2.43. The van der Waals surface area contributed by atoms with E-state index in [1.165, 1.54) is 36.0 Å². The van der Waals surface area contributed by atoms with Gasteiger partial charge in [-0.15, -0.1) is 0 Å². The Morgan fingerprint density at radius 1 is 1.11 bits per heavy atom. The minimum Gasteiger partial charge on any atom is -0.262 e. The molecule has 2 heterocycles. The first-order valence-electron chi connectivity index (χ1n) is 6.61. The fraction of sp³-hybridized carbons (Fsp3) is 0.400. The normalized spacial score (nSPS) is 16.2. The molecule has 1 N–H and O–H groups in total. The topological polar surface area (TPSA) is 17.4 Å². The number of rotatable bonds is 1. The van der Waals surface area contributed by atoms with Gasteiger partial charge >= 0.3 is 0 Å². The van der Waals surface area contributed by atoms with Crippen LogP contribution in [0.5, 0.6) is 0 Å². The van der Waals surface area contributed by atoms with E-state index in [9.17, 15) is 0 Å². The Labute approximate surface area is 113 Å². The Hall–Kier alpha value is -1.28. The molecule has 2 aromatic rings. The first kappa shape index (κ1) is 11.8. The number of aromatic nitrogens is 1. The molecule has 1 aromatic carbocycles. The van der Waals surface area contributed by atoms with Crippen LogP contribution in [0.1, 0.15) is 24.8 Å². The minimum absolute atomic E-state index is 0.786. The van der Waals surface area contributed by atoms with Crippen LogP contribution in [0.4, 0.5) is 5.82 Å². The number of hydrogen-bond donors (Lipinski definition) is 0. The van der Waals surface area contributed by atoms with Gasteiger partial charge in [0.15, 0.2) is 0 Å². The summed E-state index contributed by atoms with van der Waals surface area (Å²) in [5.74, 6) is 1.22. The van der Waals surface area contributed by atoms with Crippen LogP contribution in [0.2, 0.25) is 5.02 Å². The Balaban J connectivity index is 2.07. The molecule has 2 nitrogen and oxygen atoms in total. The van der Waals surface area contributed by atoms with E-state index in [0.29, 0.717) is 0 Å². The second-order valence-corrected chi connectivity index (χ2v) is 5.51. The summed E-state index contributed by atoms with van der Waals surface area (Å²) >= 11 is 6.08. The highest BCUT2D eigenvalue weighted by Crippen LogP contribution is 2.23. The summed E-state index contributed by atoms with van der Waals surface area (Å²) in [4.78, 5) is 5.96. The largest absolute Gasteiger partial charge is 0.275 e. The van der Waals surface area contributed by atoms with Crippen LogP contribution in [0.15, 0.2) is 24.3 Å². The lowest BCUT2D eigenvalue weighted by Gasteiger charge is -2.21. The quantitative estimate of drug-likeness (QED) is 0.767. The Morgan fingerprint density at radius 2 is 1.89 bits per heavy atom. The van der Waals surface area contributed by atoms with Crippen LogP contribution in [-0.4, -0.2) is 13.1 Å². The van der Waals surface area contributed by atoms with Gasteiger partial charge in [0, 0.05) is 22.5 Å². The molecule has 0 spiro atoms. The third kappa shape index (κ3) is 2.17. The standard InChI is InChI=1S/C15H17ClN2/c1-11-9-15(18-7-3-2-4-8-18)17-14-10-12(16)5-6-13(11)14/h5-6,9-10H,2-4,7-8H2,1H3/p+1. The van der Waals surface area contributed by atoms with Crippen molar-refractivity contribution in [2.75, 3.05) is 18.0 Å². The number of fused-ring (bicyclic) bond motifs is 1. The van der Waals surface area contributed by atoms with E-state index in [1.54, 1.807) is 0 Å². The van der Waals surface area contributed by atoms with E-state index in [-0.39, 0.29) is 0 Å². The summed E-state index contributed by atoms with van der Waals surface area (Å²) < 4.78 is 0. The molecule has 1 aliphatic rings. The zero-order valence-corrected chi connectivity index (χ0v) is 11.4. The number of anilines is 1. The predicted molar refractivity (Wildman–Crippen MR) is 76.3 cm³/mol. The molecule has 1 fully saturated rings. The predicted octanol–water partition coefficient (Wildman–Crippen LogP) is 3.61. The number of H-pyrrole nitrogens is 1. The van der Waals surface area contributed by atoms with Crippen molar-refractivity contribution >= 4 is 28.3 Å². The molecule has 3 rings (SSSR count). The van der Waals surface area contributed by atoms with Crippen LogP contribution in [0.3, 0.4) is 0 Å². The number of nitrogens with zero attached hydrogens (tertiary/aromatic N) is 1. The smallest absolute Gasteiger partial charge is 0.262 e. The maximum Gasteiger partial charge on any atom is 0.275 e. The maximum atomic E-state index is 6.08. The van der Waals surface area contributed by atoms with Gasteiger partial charge in [0.2, 0.25) is 0 Å². The van der Waals surface area contributed by atoms with Crippen LogP contribution < -0.4 is 9.88 Å². The molecule has 0 radical (unpaired) electrons. The second kappa shape index (κ2) is 4.77. The molecule has 0 unspecified atom stereocenters. The number of nitrogens with one attached hydrogen (secondary N) is 1. The average Bonchev–Trinajstić information content (AvgIpc) is 2.39. The van der Waals surface area contributed by atoms with Gasteiger partial charge in [-0.1, -0.05) is 11.6 Å². The number of hydrogen-bond acceptors (Lipinski definition) is 1. The van der Waals surface area contributed by atoms with Crippen molar-refractivity contribution in [3.05, 3.63) is 34.9 Å². The fourth-order valence-corrected chi connectivity index (χ4v) is 2.90. The average molecular weight is 262 g/mol. The van der Waals surface area contributed by atoms with Crippen molar-refractivity contribution in [1.82, 2.24) is 0 Å². The number of pyridine rings is 1. The molecule has 1 aliphatic heterocycles. The van der Waals surface area contributed by atoms with Gasteiger partial charge in [-0.2, -0.15) is 0 Å². The number of piperidine rings is 1. The van der Waals surface area contributed by atoms with Crippen molar-refractivity contribution < 1.29 is 4.98 Å². The summed E-state index contributed by atoms with van der Waals surface area (Å²) in [6.07, 6.45) is 3.94.